The molecule has 2 N–H and O–H groups in total. The summed E-state index contributed by atoms with van der Waals surface area (Å²) in [6.07, 6.45) is 6.58. The third kappa shape index (κ3) is 2.41. The van der Waals surface area contributed by atoms with Gasteiger partial charge in [0.25, 0.3) is 5.91 Å². The van der Waals surface area contributed by atoms with Crippen LogP contribution in [0.25, 0.3) is 0 Å². The zero-order valence-electron chi connectivity index (χ0n) is 11.2. The Morgan fingerprint density at radius 2 is 2.00 bits per heavy atom. The van der Waals surface area contributed by atoms with Crippen molar-refractivity contribution in [1.82, 2.24) is 4.90 Å². The average molecular weight is 252 g/mol. The zero-order valence-corrected chi connectivity index (χ0v) is 11.2. The van der Waals surface area contributed by atoms with Crippen molar-refractivity contribution in [3.63, 3.8) is 0 Å². The summed E-state index contributed by atoms with van der Waals surface area (Å²) in [5.74, 6) is 0.967. The van der Waals surface area contributed by atoms with Crippen molar-refractivity contribution in [1.29, 1.82) is 0 Å². The average Bonchev–Trinajstić information content (AvgIpc) is 3.27. The van der Waals surface area contributed by atoms with E-state index < -0.39 is 0 Å². The molecule has 18 heavy (non-hydrogen) atoms. The fourth-order valence-electron chi connectivity index (χ4n) is 3.10. The van der Waals surface area contributed by atoms with Gasteiger partial charge >= 0.3 is 0 Å². The van der Waals surface area contributed by atoms with Gasteiger partial charge in [-0.15, -0.1) is 0 Å². The number of rotatable bonds is 5. The maximum atomic E-state index is 12.6. The van der Waals surface area contributed by atoms with Gasteiger partial charge in [-0.25, -0.2) is 0 Å². The minimum atomic E-state index is -0.222. The highest BCUT2D eigenvalue weighted by atomic mass is 16.5. The van der Waals surface area contributed by atoms with Crippen molar-refractivity contribution in [3.05, 3.63) is 0 Å². The predicted octanol–water partition coefficient (Wildman–Crippen LogP) is 1.28. The SMILES string of the molecule is CC(C1CC1)N(C(=O)[C@@H]1CC[C@H](CN)O1)C1CC1. The van der Waals surface area contributed by atoms with E-state index in [9.17, 15) is 4.79 Å². The van der Waals surface area contributed by atoms with Gasteiger partial charge in [-0.2, -0.15) is 0 Å². The summed E-state index contributed by atoms with van der Waals surface area (Å²) < 4.78 is 5.77. The maximum absolute atomic E-state index is 12.6. The predicted molar refractivity (Wildman–Crippen MR) is 69.0 cm³/mol. The third-order valence-electron chi connectivity index (χ3n) is 4.58. The summed E-state index contributed by atoms with van der Waals surface area (Å²) in [5, 5.41) is 0. The minimum Gasteiger partial charge on any atom is -0.364 e. The van der Waals surface area contributed by atoms with Crippen LogP contribution in [-0.2, 0) is 9.53 Å². The molecule has 0 bridgehead atoms. The first kappa shape index (κ1) is 12.4. The molecule has 0 radical (unpaired) electrons. The molecule has 0 aromatic carbocycles. The van der Waals surface area contributed by atoms with E-state index in [1.54, 1.807) is 0 Å². The van der Waals surface area contributed by atoms with Gasteiger partial charge in [0.1, 0.15) is 6.10 Å². The van der Waals surface area contributed by atoms with Crippen LogP contribution >= 0.6 is 0 Å². The normalized spacial score (nSPS) is 33.4. The van der Waals surface area contributed by atoms with Crippen molar-refractivity contribution in [2.75, 3.05) is 6.54 Å². The Kier molecular flexibility index (Phi) is 3.32. The molecular weight excluding hydrogens is 228 g/mol. The molecule has 2 aliphatic carbocycles. The van der Waals surface area contributed by atoms with Crippen molar-refractivity contribution < 1.29 is 9.53 Å². The molecule has 3 rings (SSSR count). The van der Waals surface area contributed by atoms with Crippen molar-refractivity contribution in [2.45, 2.75) is 69.7 Å². The Balaban J connectivity index is 1.64. The van der Waals surface area contributed by atoms with E-state index in [0.717, 1.165) is 18.8 Å². The second-order valence-electron chi connectivity index (χ2n) is 6.11. The molecule has 1 amide bonds. The number of nitrogens with zero attached hydrogens (tertiary/aromatic N) is 1. The van der Waals surface area contributed by atoms with Crippen molar-refractivity contribution >= 4 is 5.91 Å². The molecule has 3 fully saturated rings. The van der Waals surface area contributed by atoms with Crippen LogP contribution in [0.5, 0.6) is 0 Å². The Morgan fingerprint density at radius 3 is 2.50 bits per heavy atom. The molecule has 0 aromatic heterocycles. The molecule has 1 saturated heterocycles. The lowest BCUT2D eigenvalue weighted by atomic mass is 10.1. The van der Waals surface area contributed by atoms with E-state index in [0.29, 0.717) is 18.6 Å². The van der Waals surface area contributed by atoms with Gasteiger partial charge in [0, 0.05) is 18.6 Å². The van der Waals surface area contributed by atoms with E-state index in [4.69, 9.17) is 10.5 Å². The Morgan fingerprint density at radius 1 is 1.28 bits per heavy atom. The standard InChI is InChI=1S/C14H24N2O2/c1-9(10-2-3-10)16(11-4-5-11)14(17)13-7-6-12(8-15)18-13/h9-13H,2-8,15H2,1H3/t9?,12-,13+/m1/s1. The first-order valence-corrected chi connectivity index (χ1v) is 7.38. The lowest BCUT2D eigenvalue weighted by Gasteiger charge is -2.31. The van der Waals surface area contributed by atoms with Crippen molar-refractivity contribution in [2.24, 2.45) is 11.7 Å². The number of amides is 1. The van der Waals surface area contributed by atoms with E-state index in [1.807, 2.05) is 0 Å². The molecular formula is C14H24N2O2. The van der Waals surface area contributed by atoms with Gasteiger partial charge in [0.15, 0.2) is 0 Å². The van der Waals surface area contributed by atoms with Crippen LogP contribution in [0.15, 0.2) is 0 Å². The zero-order chi connectivity index (χ0) is 12.7. The maximum Gasteiger partial charge on any atom is 0.252 e. The van der Waals surface area contributed by atoms with Crippen LogP contribution in [0.3, 0.4) is 0 Å². The van der Waals surface area contributed by atoms with Gasteiger partial charge in [-0.1, -0.05) is 0 Å². The molecule has 2 saturated carbocycles. The largest absolute Gasteiger partial charge is 0.364 e. The highest BCUT2D eigenvalue weighted by Crippen LogP contribution is 2.40. The molecule has 0 spiro atoms. The van der Waals surface area contributed by atoms with Gasteiger partial charge < -0.3 is 15.4 Å². The van der Waals surface area contributed by atoms with Crippen LogP contribution in [-0.4, -0.2) is 41.6 Å². The van der Waals surface area contributed by atoms with Crippen molar-refractivity contribution in [3.8, 4) is 0 Å². The van der Waals surface area contributed by atoms with Crippen LogP contribution < -0.4 is 5.73 Å². The molecule has 4 heteroatoms. The fourth-order valence-corrected chi connectivity index (χ4v) is 3.10. The highest BCUT2D eigenvalue weighted by Gasteiger charge is 2.44. The van der Waals surface area contributed by atoms with E-state index in [-0.39, 0.29) is 18.1 Å². The summed E-state index contributed by atoms with van der Waals surface area (Å²) >= 11 is 0. The molecule has 0 aromatic rings. The van der Waals surface area contributed by atoms with Gasteiger partial charge in [-0.05, 0) is 51.4 Å². The molecule has 1 unspecified atom stereocenters. The van der Waals surface area contributed by atoms with Crippen LogP contribution in [0.1, 0.15) is 45.4 Å². The quantitative estimate of drug-likeness (QED) is 0.802. The van der Waals surface area contributed by atoms with E-state index >= 15 is 0 Å². The summed E-state index contributed by atoms with van der Waals surface area (Å²) in [6, 6.07) is 0.902. The second kappa shape index (κ2) is 4.82. The first-order valence-electron chi connectivity index (χ1n) is 7.38. The van der Waals surface area contributed by atoms with Gasteiger partial charge in [-0.3, -0.25) is 4.79 Å². The number of carbonyl (C=O) groups is 1. The summed E-state index contributed by atoms with van der Waals surface area (Å²) in [5.41, 5.74) is 5.61. The molecule has 1 aliphatic heterocycles. The summed E-state index contributed by atoms with van der Waals surface area (Å²) in [6.45, 7) is 2.74. The molecule has 3 atom stereocenters. The monoisotopic (exact) mass is 252 g/mol. The molecule has 1 heterocycles. The molecule has 3 aliphatic rings. The Hall–Kier alpha value is -0.610. The second-order valence-corrected chi connectivity index (χ2v) is 6.11. The number of hydrogen-bond acceptors (Lipinski definition) is 3. The minimum absolute atomic E-state index is 0.0937. The highest BCUT2D eigenvalue weighted by molar-refractivity contribution is 5.82. The van der Waals surface area contributed by atoms with Gasteiger partial charge in [0.2, 0.25) is 0 Å². The topological polar surface area (TPSA) is 55.6 Å². The van der Waals surface area contributed by atoms with Crippen LogP contribution in [0.4, 0.5) is 0 Å². The first-order chi connectivity index (χ1) is 8.70. The smallest absolute Gasteiger partial charge is 0.252 e. The van der Waals surface area contributed by atoms with Gasteiger partial charge in [0.05, 0.1) is 6.10 Å². The summed E-state index contributed by atoms with van der Waals surface area (Å²) in [4.78, 5) is 14.8. The molecule has 4 nitrogen and oxygen atoms in total. The van der Waals surface area contributed by atoms with Crippen LogP contribution in [0.2, 0.25) is 0 Å². The fraction of sp³-hybridized carbons (Fsp3) is 0.929. The lowest BCUT2D eigenvalue weighted by molar-refractivity contribution is -0.146. The van der Waals surface area contributed by atoms with E-state index in [2.05, 4.69) is 11.8 Å². The van der Waals surface area contributed by atoms with Crippen LogP contribution in [0, 0.1) is 5.92 Å². The Labute approximate surface area is 109 Å². The number of ether oxygens (including phenoxy) is 1. The molecule has 102 valence electrons. The summed E-state index contributed by atoms with van der Waals surface area (Å²) in [7, 11) is 0. The Bertz CT molecular complexity index is 326. The number of carbonyl (C=O) groups excluding carboxylic acids is 1. The number of nitrogens with two attached hydrogens (primary N) is 1. The van der Waals surface area contributed by atoms with E-state index in [1.165, 1.54) is 25.7 Å². The third-order valence-corrected chi connectivity index (χ3v) is 4.58. The lowest BCUT2D eigenvalue weighted by Crippen LogP contribution is -2.47. The number of hydrogen-bond donors (Lipinski definition) is 1.